The fourth-order valence-electron chi connectivity index (χ4n) is 4.47. The third kappa shape index (κ3) is 4.35. The van der Waals surface area contributed by atoms with Gasteiger partial charge in [0.2, 0.25) is 5.43 Å². The zero-order valence-corrected chi connectivity index (χ0v) is 20.0. The molecule has 0 unspecified atom stereocenters. The van der Waals surface area contributed by atoms with Gasteiger partial charge in [-0.25, -0.2) is 4.79 Å². The molecule has 1 atom stereocenters. The molecule has 5 rings (SSSR count). The number of benzene rings is 3. The van der Waals surface area contributed by atoms with Crippen LogP contribution in [-0.4, -0.2) is 37.9 Å². The van der Waals surface area contributed by atoms with E-state index >= 15 is 0 Å². The summed E-state index contributed by atoms with van der Waals surface area (Å²) in [6, 6.07) is 15.1. The Morgan fingerprint density at radius 3 is 2.54 bits per heavy atom. The third-order valence-electron chi connectivity index (χ3n) is 6.23. The fourth-order valence-corrected chi connectivity index (χ4v) is 4.47. The summed E-state index contributed by atoms with van der Waals surface area (Å²) in [6.45, 7) is -0.238. The Kier molecular flexibility index (Phi) is 6.27. The van der Waals surface area contributed by atoms with Crippen molar-refractivity contribution in [2.24, 2.45) is 0 Å². The summed E-state index contributed by atoms with van der Waals surface area (Å²) in [6.07, 6.45) is 1.31. The van der Waals surface area contributed by atoms with Crippen molar-refractivity contribution in [3.63, 3.8) is 0 Å². The van der Waals surface area contributed by atoms with Crippen molar-refractivity contribution in [1.82, 2.24) is 0 Å². The van der Waals surface area contributed by atoms with E-state index in [0.29, 0.717) is 22.6 Å². The van der Waals surface area contributed by atoms with E-state index in [1.807, 2.05) is 0 Å². The summed E-state index contributed by atoms with van der Waals surface area (Å²) in [7, 11) is 2.77. The van der Waals surface area contributed by atoms with E-state index in [1.54, 1.807) is 48.5 Å². The predicted molar refractivity (Wildman–Crippen MR) is 132 cm³/mol. The molecule has 0 spiro atoms. The molecule has 1 N–H and O–H groups in total. The summed E-state index contributed by atoms with van der Waals surface area (Å²) >= 11 is 0. The lowest BCUT2D eigenvalue weighted by molar-refractivity contribution is -0.143. The summed E-state index contributed by atoms with van der Waals surface area (Å²) in [5, 5.41) is 10.7. The van der Waals surface area contributed by atoms with Crippen LogP contribution >= 0.6 is 0 Å². The molecule has 188 valence electrons. The number of carbonyl (C=O) groups is 2. The van der Waals surface area contributed by atoms with E-state index in [0.717, 1.165) is 5.56 Å². The van der Waals surface area contributed by atoms with Gasteiger partial charge in [-0.3, -0.25) is 9.59 Å². The normalized spacial score (nSPS) is 14.5. The molecule has 0 saturated heterocycles. The van der Waals surface area contributed by atoms with Crippen LogP contribution in [0.2, 0.25) is 0 Å². The van der Waals surface area contributed by atoms with Gasteiger partial charge >= 0.3 is 11.9 Å². The Bertz CT molecular complexity index is 1570. The highest BCUT2D eigenvalue weighted by Crippen LogP contribution is 2.46. The number of rotatable bonds is 6. The zero-order valence-electron chi connectivity index (χ0n) is 20.0. The number of ether oxygens (including phenoxy) is 4. The van der Waals surface area contributed by atoms with Gasteiger partial charge in [0.25, 0.3) is 0 Å². The van der Waals surface area contributed by atoms with Crippen molar-refractivity contribution >= 4 is 22.9 Å². The van der Waals surface area contributed by atoms with Crippen LogP contribution in [0.15, 0.2) is 70.1 Å². The van der Waals surface area contributed by atoms with Crippen LogP contribution < -0.4 is 19.6 Å². The minimum Gasteiger partial charge on any atom is -0.507 e. The molecule has 0 amide bonds. The zero-order chi connectivity index (χ0) is 26.1. The first-order valence-corrected chi connectivity index (χ1v) is 11.4. The number of hydrogen-bond acceptors (Lipinski definition) is 9. The summed E-state index contributed by atoms with van der Waals surface area (Å²) in [4.78, 5) is 37.3. The number of para-hydroxylation sites is 1. The van der Waals surface area contributed by atoms with Crippen LogP contribution in [0.1, 0.15) is 23.5 Å². The van der Waals surface area contributed by atoms with E-state index in [9.17, 15) is 19.5 Å². The Balaban J connectivity index is 1.62. The van der Waals surface area contributed by atoms with Gasteiger partial charge in [-0.05, 0) is 23.8 Å². The van der Waals surface area contributed by atoms with Crippen molar-refractivity contribution < 1.29 is 38.1 Å². The van der Waals surface area contributed by atoms with E-state index < -0.39 is 23.3 Å². The molecule has 3 aromatic carbocycles. The Labute approximate surface area is 210 Å². The van der Waals surface area contributed by atoms with Crippen LogP contribution in [0.3, 0.4) is 0 Å². The van der Waals surface area contributed by atoms with Crippen LogP contribution in [-0.2, 0) is 14.3 Å². The molecule has 1 aliphatic heterocycles. The molecule has 0 fully saturated rings. The Morgan fingerprint density at radius 2 is 1.81 bits per heavy atom. The number of esters is 2. The van der Waals surface area contributed by atoms with Crippen LogP contribution in [0, 0.1) is 0 Å². The molecular formula is C28H22O9. The smallest absolute Gasteiger partial charge is 0.343 e. The summed E-state index contributed by atoms with van der Waals surface area (Å²) < 4.78 is 26.7. The molecule has 4 aromatic rings. The maximum atomic E-state index is 13.6. The number of aromatic hydroxyl groups is 1. The van der Waals surface area contributed by atoms with E-state index in [-0.39, 0.29) is 41.1 Å². The highest BCUT2D eigenvalue weighted by molar-refractivity contribution is 5.94. The van der Waals surface area contributed by atoms with Crippen molar-refractivity contribution in [3.05, 3.63) is 82.2 Å². The van der Waals surface area contributed by atoms with E-state index in [4.69, 9.17) is 18.6 Å². The number of methoxy groups -OCH3 is 2. The molecule has 2 heterocycles. The predicted octanol–water partition coefficient (Wildman–Crippen LogP) is 4.17. The second kappa shape index (κ2) is 9.69. The molecule has 0 bridgehead atoms. The highest BCUT2D eigenvalue weighted by Gasteiger charge is 2.33. The number of phenols is 1. The van der Waals surface area contributed by atoms with Gasteiger partial charge < -0.3 is 28.5 Å². The van der Waals surface area contributed by atoms with Crippen molar-refractivity contribution in [2.45, 2.75) is 12.3 Å². The molecule has 1 aliphatic rings. The first-order valence-electron chi connectivity index (χ1n) is 11.4. The standard InChI is InChI=1S/C28H22O9/c1-33-21-6-4-3-5-17(21)19-13-36-28-25-18(15-7-9-16(10-8-15)35-14-24(31)34-2)11-23(30)37-22(25)12-20(29)26(28)27(19)32/h3-10,12-13,18,29H,11,14H2,1-2H3/t18-/m0/s1. The lowest BCUT2D eigenvalue weighted by atomic mass is 9.85. The molecule has 9 heteroatoms. The average molecular weight is 502 g/mol. The SMILES string of the molecule is COC(=O)COc1ccc([C@@H]2CC(=O)Oc3cc(O)c4c(=O)c(-c5ccccc5OC)coc4c32)cc1. The van der Waals surface area contributed by atoms with Gasteiger partial charge in [0.15, 0.2) is 6.61 Å². The van der Waals surface area contributed by atoms with E-state index in [1.165, 1.54) is 26.5 Å². The molecule has 0 radical (unpaired) electrons. The molecule has 1 aromatic heterocycles. The first kappa shape index (κ1) is 23.9. The number of carbonyl (C=O) groups excluding carboxylic acids is 2. The third-order valence-corrected chi connectivity index (χ3v) is 6.23. The Morgan fingerprint density at radius 1 is 1.05 bits per heavy atom. The maximum Gasteiger partial charge on any atom is 0.343 e. The average Bonchev–Trinajstić information content (AvgIpc) is 2.91. The molecular weight excluding hydrogens is 480 g/mol. The quantitative estimate of drug-likeness (QED) is 0.306. The highest BCUT2D eigenvalue weighted by atomic mass is 16.6. The summed E-state index contributed by atoms with van der Waals surface area (Å²) in [5.41, 5.74) is 1.61. The maximum absolute atomic E-state index is 13.6. The van der Waals surface area contributed by atoms with Crippen molar-refractivity contribution in [2.75, 3.05) is 20.8 Å². The minimum absolute atomic E-state index is 0.00674. The second-order valence-corrected chi connectivity index (χ2v) is 8.36. The minimum atomic E-state index is -0.519. The lowest BCUT2D eigenvalue weighted by Crippen LogP contribution is -2.22. The molecule has 0 saturated carbocycles. The molecule has 9 nitrogen and oxygen atoms in total. The number of phenolic OH excluding ortho intramolecular Hbond substituents is 1. The first-order chi connectivity index (χ1) is 17.9. The van der Waals surface area contributed by atoms with Gasteiger partial charge in [-0.1, -0.05) is 30.3 Å². The monoisotopic (exact) mass is 502 g/mol. The number of hydrogen-bond donors (Lipinski definition) is 1. The lowest BCUT2D eigenvalue weighted by Gasteiger charge is -2.26. The van der Waals surface area contributed by atoms with Gasteiger partial charge in [0.05, 0.1) is 26.2 Å². The van der Waals surface area contributed by atoms with Gasteiger partial charge in [-0.15, -0.1) is 0 Å². The largest absolute Gasteiger partial charge is 0.507 e. The second-order valence-electron chi connectivity index (χ2n) is 8.36. The van der Waals surface area contributed by atoms with Crippen molar-refractivity contribution in [1.29, 1.82) is 0 Å². The van der Waals surface area contributed by atoms with Crippen LogP contribution in [0.4, 0.5) is 0 Å². The van der Waals surface area contributed by atoms with Gasteiger partial charge in [0, 0.05) is 23.1 Å². The van der Waals surface area contributed by atoms with Crippen LogP contribution in [0.5, 0.6) is 23.0 Å². The number of fused-ring (bicyclic) bond motifs is 3. The van der Waals surface area contributed by atoms with Crippen molar-refractivity contribution in [3.8, 4) is 34.1 Å². The van der Waals surface area contributed by atoms with Gasteiger partial charge in [-0.2, -0.15) is 0 Å². The van der Waals surface area contributed by atoms with E-state index in [2.05, 4.69) is 4.74 Å². The van der Waals surface area contributed by atoms with Gasteiger partial charge in [0.1, 0.15) is 40.2 Å². The molecule has 0 aliphatic carbocycles. The summed E-state index contributed by atoms with van der Waals surface area (Å²) in [5.74, 6) is -0.847. The topological polar surface area (TPSA) is 122 Å². The fraction of sp³-hybridized carbons (Fsp3) is 0.179. The Hall–Kier alpha value is -4.79. The van der Waals surface area contributed by atoms with Crippen LogP contribution in [0.25, 0.3) is 22.1 Å². The molecule has 37 heavy (non-hydrogen) atoms.